The predicted molar refractivity (Wildman–Crippen MR) is 95.2 cm³/mol. The van der Waals surface area contributed by atoms with Gasteiger partial charge in [0.25, 0.3) is 0 Å². The van der Waals surface area contributed by atoms with Gasteiger partial charge in [0.1, 0.15) is 6.10 Å². The van der Waals surface area contributed by atoms with Crippen molar-refractivity contribution in [3.63, 3.8) is 0 Å². The molecule has 0 heterocycles. The van der Waals surface area contributed by atoms with Crippen molar-refractivity contribution in [3.05, 3.63) is 35.4 Å². The van der Waals surface area contributed by atoms with Crippen LogP contribution in [0.5, 0.6) is 0 Å². The summed E-state index contributed by atoms with van der Waals surface area (Å²) in [4.78, 5) is 32.4. The van der Waals surface area contributed by atoms with E-state index in [9.17, 15) is 9.59 Å². The van der Waals surface area contributed by atoms with Crippen LogP contribution in [-0.4, -0.2) is 18.2 Å². The molecule has 2 atom stereocenters. The molecule has 1 aromatic rings. The second-order valence-corrected chi connectivity index (χ2v) is 6.68. The van der Waals surface area contributed by atoms with E-state index in [0.717, 1.165) is 56.9 Å². The Hall–Kier alpha value is -2.08. The molecule has 0 bridgehead atoms. The van der Waals surface area contributed by atoms with Gasteiger partial charge in [0.15, 0.2) is 0 Å². The topological polar surface area (TPSA) is 71.1 Å². The van der Waals surface area contributed by atoms with E-state index in [1.54, 1.807) is 12.1 Å². The first kappa shape index (κ1) is 20.2. The fourth-order valence-corrected chi connectivity index (χ4v) is 3.25. The monoisotopic (exact) mass is 364 g/mol. The standard InChI is InChI=1S/C20H28O6/c1-3-5-8-15-11-13-17(14-12-15)19(21)24-26-25-20(22)23-18-10-7-6-9-16(18)4-2/h11-14,16,18H,3-10H2,1-2H3. The maximum Gasteiger partial charge on any atom is 0.543 e. The lowest BCUT2D eigenvalue weighted by Gasteiger charge is -2.29. The SMILES string of the molecule is CCCCc1ccc(C(=O)OOOC(=O)OC2CCCCC2CC)cc1. The van der Waals surface area contributed by atoms with Gasteiger partial charge in [-0.15, -0.1) is 0 Å². The van der Waals surface area contributed by atoms with E-state index in [2.05, 4.69) is 28.7 Å². The van der Waals surface area contributed by atoms with Crippen molar-refractivity contribution in [2.24, 2.45) is 5.92 Å². The summed E-state index contributed by atoms with van der Waals surface area (Å²) in [5.74, 6) is -0.394. The smallest absolute Gasteiger partial charge is 0.429 e. The third-order valence-electron chi connectivity index (χ3n) is 4.83. The zero-order chi connectivity index (χ0) is 18.8. The molecule has 1 fully saturated rings. The molecule has 1 saturated carbocycles. The van der Waals surface area contributed by atoms with Crippen LogP contribution in [0.25, 0.3) is 0 Å². The number of hydrogen-bond acceptors (Lipinski definition) is 6. The summed E-state index contributed by atoms with van der Waals surface area (Å²) in [6, 6.07) is 7.05. The van der Waals surface area contributed by atoms with Crippen LogP contribution in [0.1, 0.15) is 74.7 Å². The molecule has 0 saturated heterocycles. The largest absolute Gasteiger partial charge is 0.543 e. The Bertz CT molecular complexity index is 568. The summed E-state index contributed by atoms with van der Waals surface area (Å²) < 4.78 is 5.26. The first-order valence-electron chi connectivity index (χ1n) is 9.49. The van der Waals surface area contributed by atoms with Crippen LogP contribution in [-0.2, 0) is 26.0 Å². The zero-order valence-corrected chi connectivity index (χ0v) is 15.6. The number of carbonyl (C=O) groups excluding carboxylic acids is 2. The molecule has 0 aliphatic heterocycles. The zero-order valence-electron chi connectivity index (χ0n) is 15.6. The summed E-state index contributed by atoms with van der Waals surface area (Å²) >= 11 is 0. The molecule has 26 heavy (non-hydrogen) atoms. The van der Waals surface area contributed by atoms with Gasteiger partial charge in [-0.2, -0.15) is 0 Å². The molecule has 0 amide bonds. The highest BCUT2D eigenvalue weighted by atomic mass is 17.5. The summed E-state index contributed by atoms with van der Waals surface area (Å²) in [6.45, 7) is 4.20. The number of benzene rings is 1. The van der Waals surface area contributed by atoms with Crippen LogP contribution in [0.15, 0.2) is 24.3 Å². The first-order chi connectivity index (χ1) is 12.6. The Morgan fingerprint density at radius 1 is 1.04 bits per heavy atom. The maximum atomic E-state index is 11.9. The summed E-state index contributed by atoms with van der Waals surface area (Å²) in [7, 11) is 0. The summed E-state index contributed by atoms with van der Waals surface area (Å²) in [5, 5.41) is 4.29. The van der Waals surface area contributed by atoms with Crippen LogP contribution in [0, 0.1) is 5.92 Å². The lowest BCUT2D eigenvalue weighted by molar-refractivity contribution is -0.453. The molecule has 0 radical (unpaired) electrons. The van der Waals surface area contributed by atoms with E-state index < -0.39 is 12.1 Å². The summed E-state index contributed by atoms with van der Waals surface area (Å²) in [6.07, 6.45) is 7.01. The minimum Gasteiger partial charge on any atom is -0.429 e. The fourth-order valence-electron chi connectivity index (χ4n) is 3.25. The van der Waals surface area contributed by atoms with Crippen molar-refractivity contribution in [2.75, 3.05) is 0 Å². The molecule has 144 valence electrons. The third kappa shape index (κ3) is 6.33. The Morgan fingerprint density at radius 2 is 1.77 bits per heavy atom. The van der Waals surface area contributed by atoms with E-state index in [4.69, 9.17) is 4.74 Å². The molecule has 0 N–H and O–H groups in total. The van der Waals surface area contributed by atoms with Crippen molar-refractivity contribution in [3.8, 4) is 0 Å². The van der Waals surface area contributed by atoms with Crippen LogP contribution in [0.3, 0.4) is 0 Å². The van der Waals surface area contributed by atoms with Gasteiger partial charge in [-0.25, -0.2) is 14.5 Å². The Kier molecular flexibility index (Phi) is 8.41. The summed E-state index contributed by atoms with van der Waals surface area (Å²) in [5.41, 5.74) is 1.47. The number of aryl methyl sites for hydroxylation is 1. The Balaban J connectivity index is 1.71. The number of rotatable bonds is 8. The average Bonchev–Trinajstić information content (AvgIpc) is 2.67. The van der Waals surface area contributed by atoms with Crippen LogP contribution >= 0.6 is 0 Å². The Morgan fingerprint density at radius 3 is 2.46 bits per heavy atom. The van der Waals surface area contributed by atoms with Crippen molar-refractivity contribution < 1.29 is 29.1 Å². The van der Waals surface area contributed by atoms with Gasteiger partial charge < -0.3 is 4.74 Å². The minimum atomic E-state index is -0.988. The second kappa shape index (κ2) is 10.8. The van der Waals surface area contributed by atoms with Gasteiger partial charge in [-0.1, -0.05) is 38.8 Å². The predicted octanol–water partition coefficient (Wildman–Crippen LogP) is 5.15. The maximum absolute atomic E-state index is 11.9. The quantitative estimate of drug-likeness (QED) is 0.361. The van der Waals surface area contributed by atoms with Gasteiger partial charge in [0, 0.05) is 0 Å². The molecule has 6 nitrogen and oxygen atoms in total. The van der Waals surface area contributed by atoms with Crippen LogP contribution in [0.2, 0.25) is 0 Å². The van der Waals surface area contributed by atoms with Crippen LogP contribution in [0.4, 0.5) is 4.79 Å². The van der Waals surface area contributed by atoms with Gasteiger partial charge >= 0.3 is 12.1 Å². The van der Waals surface area contributed by atoms with Gasteiger partial charge in [0.05, 0.1) is 10.6 Å². The van der Waals surface area contributed by atoms with E-state index in [0.29, 0.717) is 11.5 Å². The molecule has 0 spiro atoms. The van der Waals surface area contributed by atoms with Crippen molar-refractivity contribution in [1.82, 2.24) is 0 Å². The molecular weight excluding hydrogens is 336 g/mol. The molecule has 2 unspecified atom stereocenters. The highest BCUT2D eigenvalue weighted by Crippen LogP contribution is 2.29. The number of unbranched alkanes of at least 4 members (excludes halogenated alkanes) is 1. The van der Waals surface area contributed by atoms with Crippen molar-refractivity contribution in [1.29, 1.82) is 0 Å². The Labute approximate surface area is 154 Å². The molecule has 1 aromatic carbocycles. The van der Waals surface area contributed by atoms with Crippen molar-refractivity contribution in [2.45, 2.75) is 71.3 Å². The minimum absolute atomic E-state index is 0.170. The van der Waals surface area contributed by atoms with E-state index in [1.165, 1.54) is 0 Å². The first-order valence-corrected chi connectivity index (χ1v) is 9.49. The number of carbonyl (C=O) groups is 2. The lowest BCUT2D eigenvalue weighted by Crippen LogP contribution is -2.30. The van der Waals surface area contributed by atoms with E-state index >= 15 is 0 Å². The van der Waals surface area contributed by atoms with Crippen molar-refractivity contribution >= 4 is 12.1 Å². The van der Waals surface area contributed by atoms with Gasteiger partial charge in [0.2, 0.25) is 0 Å². The third-order valence-corrected chi connectivity index (χ3v) is 4.83. The van der Waals surface area contributed by atoms with Gasteiger partial charge in [-0.05, 0) is 62.1 Å². The second-order valence-electron chi connectivity index (χ2n) is 6.68. The molecular formula is C20H28O6. The average molecular weight is 364 g/mol. The highest BCUT2D eigenvalue weighted by molar-refractivity contribution is 5.88. The van der Waals surface area contributed by atoms with Gasteiger partial charge in [-0.3, -0.25) is 4.89 Å². The number of ether oxygens (including phenoxy) is 1. The lowest BCUT2D eigenvalue weighted by atomic mass is 9.85. The van der Waals surface area contributed by atoms with E-state index in [-0.39, 0.29) is 6.10 Å². The number of hydrogen-bond donors (Lipinski definition) is 0. The van der Waals surface area contributed by atoms with E-state index in [1.807, 2.05) is 12.1 Å². The molecule has 0 aromatic heterocycles. The highest BCUT2D eigenvalue weighted by Gasteiger charge is 2.28. The van der Waals surface area contributed by atoms with Crippen LogP contribution < -0.4 is 0 Å². The molecule has 6 heteroatoms. The molecule has 1 aliphatic rings. The fraction of sp³-hybridized carbons (Fsp3) is 0.600. The molecule has 1 aliphatic carbocycles. The normalized spacial score (nSPS) is 19.6. The molecule has 2 rings (SSSR count).